The van der Waals surface area contributed by atoms with Gasteiger partial charge in [0.1, 0.15) is 0 Å². The molecule has 2 heterocycles. The monoisotopic (exact) mass is 252 g/mol. The Labute approximate surface area is 109 Å². The molecule has 0 atom stereocenters. The van der Waals surface area contributed by atoms with Crippen molar-refractivity contribution >= 4 is 28.3 Å². The van der Waals surface area contributed by atoms with Gasteiger partial charge in [-0.15, -0.1) is 0 Å². The lowest BCUT2D eigenvalue weighted by Gasteiger charge is -2.06. The molecule has 3 aromatic rings. The maximum absolute atomic E-state index is 11.9. The highest BCUT2D eigenvalue weighted by Crippen LogP contribution is 2.22. The van der Waals surface area contributed by atoms with Crippen molar-refractivity contribution in [3.8, 4) is 0 Å². The average molecular weight is 252 g/mol. The molecule has 0 aliphatic carbocycles. The van der Waals surface area contributed by atoms with Gasteiger partial charge in [0.05, 0.1) is 5.69 Å². The molecule has 0 radical (unpaired) electrons. The Morgan fingerprint density at radius 1 is 1.05 bits per heavy atom. The summed E-state index contributed by atoms with van der Waals surface area (Å²) >= 11 is 0. The first-order valence-electron chi connectivity index (χ1n) is 5.87. The van der Waals surface area contributed by atoms with Crippen LogP contribution in [-0.4, -0.2) is 16.0 Å². The third-order valence-electron chi connectivity index (χ3n) is 2.78. The number of hydrogen-bond donors (Lipinski definition) is 3. The molecule has 2 amide bonds. The maximum atomic E-state index is 11.9. The summed E-state index contributed by atoms with van der Waals surface area (Å²) in [6.07, 6.45) is 5.03. The van der Waals surface area contributed by atoms with Crippen LogP contribution < -0.4 is 10.6 Å². The SMILES string of the molecule is O=C(Nc1ccncc1)Nc1c[nH]c2ccccc12. The van der Waals surface area contributed by atoms with E-state index in [1.165, 1.54) is 0 Å². The predicted octanol–water partition coefficient (Wildman–Crippen LogP) is 3.21. The number of rotatable bonds is 2. The van der Waals surface area contributed by atoms with Crippen molar-refractivity contribution < 1.29 is 4.79 Å². The van der Waals surface area contributed by atoms with Gasteiger partial charge in [-0.1, -0.05) is 18.2 Å². The Kier molecular flexibility index (Phi) is 2.86. The average Bonchev–Trinajstić information content (AvgIpc) is 2.83. The van der Waals surface area contributed by atoms with Crippen molar-refractivity contribution in [2.24, 2.45) is 0 Å². The zero-order chi connectivity index (χ0) is 13.1. The summed E-state index contributed by atoms with van der Waals surface area (Å²) in [4.78, 5) is 18.9. The van der Waals surface area contributed by atoms with E-state index in [1.807, 2.05) is 24.3 Å². The fourth-order valence-electron chi connectivity index (χ4n) is 1.89. The minimum Gasteiger partial charge on any atom is -0.359 e. The van der Waals surface area contributed by atoms with Gasteiger partial charge in [0.25, 0.3) is 0 Å². The summed E-state index contributed by atoms with van der Waals surface area (Å²) in [6, 6.07) is 11.0. The number of hydrogen-bond acceptors (Lipinski definition) is 2. The summed E-state index contributed by atoms with van der Waals surface area (Å²) in [6.45, 7) is 0. The summed E-state index contributed by atoms with van der Waals surface area (Å²) in [5.74, 6) is 0. The number of aromatic nitrogens is 2. The summed E-state index contributed by atoms with van der Waals surface area (Å²) in [5, 5.41) is 6.53. The highest BCUT2D eigenvalue weighted by Gasteiger charge is 2.06. The summed E-state index contributed by atoms with van der Waals surface area (Å²) in [7, 11) is 0. The van der Waals surface area contributed by atoms with Crippen LogP contribution in [0.5, 0.6) is 0 Å². The molecule has 5 heteroatoms. The highest BCUT2D eigenvalue weighted by atomic mass is 16.2. The normalized spacial score (nSPS) is 10.3. The molecular weight excluding hydrogens is 240 g/mol. The Bertz CT molecular complexity index is 706. The first-order chi connectivity index (χ1) is 9.33. The van der Waals surface area contributed by atoms with Crippen molar-refractivity contribution in [1.82, 2.24) is 9.97 Å². The van der Waals surface area contributed by atoms with Gasteiger partial charge >= 0.3 is 6.03 Å². The molecule has 0 unspecified atom stereocenters. The van der Waals surface area contributed by atoms with Gasteiger partial charge in [-0.25, -0.2) is 4.79 Å². The number of nitrogens with one attached hydrogen (secondary N) is 3. The molecule has 0 saturated carbocycles. The fraction of sp³-hybridized carbons (Fsp3) is 0. The van der Waals surface area contributed by atoms with Crippen LogP contribution in [0.4, 0.5) is 16.2 Å². The van der Waals surface area contributed by atoms with Crippen LogP contribution >= 0.6 is 0 Å². The van der Waals surface area contributed by atoms with Crippen molar-refractivity contribution in [3.63, 3.8) is 0 Å². The zero-order valence-corrected chi connectivity index (χ0v) is 10.1. The van der Waals surface area contributed by atoms with Crippen molar-refractivity contribution in [2.75, 3.05) is 10.6 Å². The molecule has 0 aliphatic rings. The van der Waals surface area contributed by atoms with Gasteiger partial charge in [-0.3, -0.25) is 4.98 Å². The number of aromatic amines is 1. The van der Waals surface area contributed by atoms with E-state index >= 15 is 0 Å². The lowest BCUT2D eigenvalue weighted by atomic mass is 10.2. The van der Waals surface area contributed by atoms with E-state index in [-0.39, 0.29) is 6.03 Å². The quantitative estimate of drug-likeness (QED) is 0.655. The lowest BCUT2D eigenvalue weighted by molar-refractivity contribution is 0.262. The Morgan fingerprint density at radius 3 is 2.68 bits per heavy atom. The number of carbonyl (C=O) groups excluding carboxylic acids is 1. The smallest absolute Gasteiger partial charge is 0.323 e. The molecular formula is C14H12N4O. The zero-order valence-electron chi connectivity index (χ0n) is 10.1. The largest absolute Gasteiger partial charge is 0.359 e. The molecule has 3 rings (SSSR count). The minimum atomic E-state index is -0.282. The maximum Gasteiger partial charge on any atom is 0.323 e. The molecule has 3 N–H and O–H groups in total. The molecule has 0 bridgehead atoms. The van der Waals surface area contributed by atoms with E-state index in [0.29, 0.717) is 5.69 Å². The van der Waals surface area contributed by atoms with E-state index < -0.39 is 0 Å². The predicted molar refractivity (Wildman–Crippen MR) is 75.2 cm³/mol. The fourth-order valence-corrected chi connectivity index (χ4v) is 1.89. The molecule has 19 heavy (non-hydrogen) atoms. The van der Waals surface area contributed by atoms with Crippen molar-refractivity contribution in [1.29, 1.82) is 0 Å². The lowest BCUT2D eigenvalue weighted by Crippen LogP contribution is -2.19. The summed E-state index contributed by atoms with van der Waals surface area (Å²) < 4.78 is 0. The second-order valence-corrected chi connectivity index (χ2v) is 4.06. The second kappa shape index (κ2) is 4.81. The van der Waals surface area contributed by atoms with E-state index in [0.717, 1.165) is 16.6 Å². The van der Waals surface area contributed by atoms with Gasteiger partial charge < -0.3 is 15.6 Å². The Hall–Kier alpha value is -2.82. The van der Waals surface area contributed by atoms with Crippen molar-refractivity contribution in [2.45, 2.75) is 0 Å². The molecule has 0 spiro atoms. The number of pyridine rings is 1. The molecule has 0 saturated heterocycles. The van der Waals surface area contributed by atoms with E-state index in [2.05, 4.69) is 20.6 Å². The van der Waals surface area contributed by atoms with Crippen molar-refractivity contribution in [3.05, 3.63) is 55.0 Å². The summed E-state index contributed by atoms with van der Waals surface area (Å²) in [5.41, 5.74) is 2.44. The number of anilines is 2. The highest BCUT2D eigenvalue weighted by molar-refractivity contribution is 6.05. The van der Waals surface area contributed by atoms with Crippen LogP contribution in [0.15, 0.2) is 55.0 Å². The van der Waals surface area contributed by atoms with Crippen LogP contribution in [0.25, 0.3) is 10.9 Å². The Balaban J connectivity index is 1.76. The van der Waals surface area contributed by atoms with Gasteiger partial charge in [-0.05, 0) is 18.2 Å². The van der Waals surface area contributed by atoms with E-state index in [9.17, 15) is 4.79 Å². The number of carbonyl (C=O) groups is 1. The topological polar surface area (TPSA) is 69.8 Å². The number of benzene rings is 1. The van der Waals surface area contributed by atoms with E-state index in [4.69, 9.17) is 0 Å². The second-order valence-electron chi connectivity index (χ2n) is 4.06. The number of urea groups is 1. The molecule has 1 aromatic carbocycles. The van der Waals surface area contributed by atoms with Gasteiger partial charge in [0.2, 0.25) is 0 Å². The third kappa shape index (κ3) is 2.40. The molecule has 0 fully saturated rings. The third-order valence-corrected chi connectivity index (χ3v) is 2.78. The Morgan fingerprint density at radius 2 is 1.84 bits per heavy atom. The van der Waals surface area contributed by atoms with Crippen LogP contribution in [0, 0.1) is 0 Å². The number of nitrogens with zero attached hydrogens (tertiary/aromatic N) is 1. The number of amides is 2. The van der Waals surface area contributed by atoms with Gasteiger partial charge in [0.15, 0.2) is 0 Å². The number of para-hydroxylation sites is 1. The van der Waals surface area contributed by atoms with Crippen LogP contribution in [0.1, 0.15) is 0 Å². The molecule has 94 valence electrons. The number of fused-ring (bicyclic) bond motifs is 1. The molecule has 2 aromatic heterocycles. The van der Waals surface area contributed by atoms with Gasteiger partial charge in [0, 0.05) is 35.2 Å². The molecule has 0 aliphatic heterocycles. The van der Waals surface area contributed by atoms with Crippen LogP contribution in [0.2, 0.25) is 0 Å². The number of H-pyrrole nitrogens is 1. The molecule has 5 nitrogen and oxygen atoms in total. The van der Waals surface area contributed by atoms with Crippen LogP contribution in [-0.2, 0) is 0 Å². The minimum absolute atomic E-state index is 0.282. The first-order valence-corrected chi connectivity index (χ1v) is 5.87. The standard InChI is InChI=1S/C14H12N4O/c19-14(17-10-5-7-15-8-6-10)18-13-9-16-12-4-2-1-3-11(12)13/h1-9,16H,(H2,15,17,18,19). The first kappa shape index (κ1) is 11.3. The van der Waals surface area contributed by atoms with E-state index in [1.54, 1.807) is 30.7 Å². The van der Waals surface area contributed by atoms with Gasteiger partial charge in [-0.2, -0.15) is 0 Å². The van der Waals surface area contributed by atoms with Crippen LogP contribution in [0.3, 0.4) is 0 Å².